The second-order valence-corrected chi connectivity index (χ2v) is 3.34. The van der Waals surface area contributed by atoms with Crippen molar-refractivity contribution in [1.29, 1.82) is 0 Å². The van der Waals surface area contributed by atoms with E-state index in [0.29, 0.717) is 6.61 Å². The van der Waals surface area contributed by atoms with Gasteiger partial charge in [-0.15, -0.1) is 0 Å². The van der Waals surface area contributed by atoms with Crippen molar-refractivity contribution in [2.24, 2.45) is 0 Å². The van der Waals surface area contributed by atoms with Gasteiger partial charge in [0.2, 0.25) is 0 Å². The van der Waals surface area contributed by atoms with Crippen molar-refractivity contribution in [1.82, 2.24) is 9.78 Å². The van der Waals surface area contributed by atoms with Crippen molar-refractivity contribution in [3.8, 4) is 0 Å². The van der Waals surface area contributed by atoms with E-state index in [-0.39, 0.29) is 6.04 Å². The van der Waals surface area contributed by atoms with Crippen LogP contribution in [0.15, 0.2) is 12.4 Å². The number of alkyl halides is 3. The number of aromatic nitrogens is 2. The molecule has 1 atom stereocenters. The minimum Gasteiger partial charge on any atom is -0.382 e. The summed E-state index contributed by atoms with van der Waals surface area (Å²) in [6, 6.07) is -0.222. The number of nitrogens with zero attached hydrogens (tertiary/aromatic N) is 2. The van der Waals surface area contributed by atoms with Gasteiger partial charge < -0.3 is 4.74 Å². The Morgan fingerprint density at radius 3 is 2.75 bits per heavy atom. The minimum atomic E-state index is -4.86. The fourth-order valence-corrected chi connectivity index (χ4v) is 1.18. The molecule has 1 aromatic rings. The van der Waals surface area contributed by atoms with Crippen LogP contribution in [0.3, 0.4) is 0 Å². The number of carbonyl (C=O) groups is 1. The van der Waals surface area contributed by atoms with Crippen molar-refractivity contribution in [2.75, 3.05) is 13.7 Å². The summed E-state index contributed by atoms with van der Waals surface area (Å²) in [7, 11) is 1.47. The third-order valence-corrected chi connectivity index (χ3v) is 1.98. The van der Waals surface area contributed by atoms with Gasteiger partial charge in [-0.1, -0.05) is 0 Å². The molecule has 0 bridgehead atoms. The summed E-state index contributed by atoms with van der Waals surface area (Å²) in [6.07, 6.45) is -2.89. The standard InChI is InChI=1S/C9H11F3N2O2/c1-6(5-16-2)14-4-7(3-13-14)8(15)9(10,11)12/h3-4,6H,5H2,1-2H3. The summed E-state index contributed by atoms with van der Waals surface area (Å²) in [5.41, 5.74) is -0.463. The summed E-state index contributed by atoms with van der Waals surface area (Å²) in [5, 5.41) is 3.69. The molecule has 0 aliphatic heterocycles. The topological polar surface area (TPSA) is 44.1 Å². The molecular weight excluding hydrogens is 225 g/mol. The lowest BCUT2D eigenvalue weighted by molar-refractivity contribution is -0.0885. The number of ketones is 1. The zero-order valence-corrected chi connectivity index (χ0v) is 8.78. The monoisotopic (exact) mass is 236 g/mol. The van der Waals surface area contributed by atoms with E-state index in [2.05, 4.69) is 5.10 Å². The second-order valence-electron chi connectivity index (χ2n) is 3.34. The minimum absolute atomic E-state index is 0.222. The first-order valence-corrected chi connectivity index (χ1v) is 4.51. The van der Waals surface area contributed by atoms with Gasteiger partial charge in [-0.05, 0) is 6.92 Å². The predicted octanol–water partition coefficient (Wildman–Crippen LogP) is 1.84. The molecule has 0 spiro atoms. The molecule has 16 heavy (non-hydrogen) atoms. The predicted molar refractivity (Wildman–Crippen MR) is 49.2 cm³/mol. The molecule has 0 fully saturated rings. The smallest absolute Gasteiger partial charge is 0.382 e. The number of Topliss-reactive ketones (excluding diaryl/α,β-unsaturated/α-hetero) is 1. The highest BCUT2D eigenvalue weighted by Gasteiger charge is 2.40. The van der Waals surface area contributed by atoms with Gasteiger partial charge >= 0.3 is 6.18 Å². The molecule has 1 aromatic heterocycles. The lowest BCUT2D eigenvalue weighted by Crippen LogP contribution is -2.22. The molecular formula is C9H11F3N2O2. The van der Waals surface area contributed by atoms with Crippen LogP contribution in [-0.2, 0) is 4.74 Å². The zero-order chi connectivity index (χ0) is 12.3. The van der Waals surface area contributed by atoms with Gasteiger partial charge in [-0.2, -0.15) is 18.3 Å². The van der Waals surface area contributed by atoms with Crippen molar-refractivity contribution < 1.29 is 22.7 Å². The van der Waals surface area contributed by atoms with E-state index in [0.717, 1.165) is 12.4 Å². The Labute approximate surface area is 90.0 Å². The van der Waals surface area contributed by atoms with Gasteiger partial charge in [0.25, 0.3) is 5.78 Å². The molecule has 4 nitrogen and oxygen atoms in total. The average molecular weight is 236 g/mol. The van der Waals surface area contributed by atoms with Gasteiger partial charge in [-0.3, -0.25) is 9.48 Å². The molecule has 1 heterocycles. The third kappa shape index (κ3) is 2.82. The summed E-state index contributed by atoms with van der Waals surface area (Å²) < 4.78 is 42.3. The van der Waals surface area contributed by atoms with E-state index in [9.17, 15) is 18.0 Å². The number of halogens is 3. The van der Waals surface area contributed by atoms with Crippen LogP contribution in [0.25, 0.3) is 0 Å². The molecule has 0 saturated carbocycles. The highest BCUT2D eigenvalue weighted by Crippen LogP contribution is 2.21. The quantitative estimate of drug-likeness (QED) is 0.749. The Bertz CT molecular complexity index is 373. The van der Waals surface area contributed by atoms with Crippen LogP contribution >= 0.6 is 0 Å². The fourth-order valence-electron chi connectivity index (χ4n) is 1.18. The van der Waals surface area contributed by atoms with Crippen LogP contribution in [0, 0.1) is 0 Å². The molecule has 1 rings (SSSR count). The summed E-state index contributed by atoms with van der Waals surface area (Å²) in [5.74, 6) is -1.89. The first-order chi connectivity index (χ1) is 7.36. The van der Waals surface area contributed by atoms with E-state index in [1.165, 1.54) is 11.8 Å². The SMILES string of the molecule is COCC(C)n1cc(C(=O)C(F)(F)F)cn1. The average Bonchev–Trinajstić information content (AvgIpc) is 2.64. The Kier molecular flexibility index (Phi) is 3.69. The van der Waals surface area contributed by atoms with E-state index < -0.39 is 17.5 Å². The van der Waals surface area contributed by atoms with E-state index >= 15 is 0 Å². The molecule has 0 aliphatic carbocycles. The Balaban J connectivity index is 2.83. The number of carbonyl (C=O) groups excluding carboxylic acids is 1. The summed E-state index contributed by atoms with van der Waals surface area (Å²) in [4.78, 5) is 10.9. The molecule has 0 amide bonds. The van der Waals surface area contributed by atoms with Crippen LogP contribution in [0.2, 0.25) is 0 Å². The third-order valence-electron chi connectivity index (χ3n) is 1.98. The van der Waals surface area contributed by atoms with Gasteiger partial charge in [0.05, 0.1) is 24.4 Å². The van der Waals surface area contributed by atoms with E-state index in [4.69, 9.17) is 4.74 Å². The van der Waals surface area contributed by atoms with Gasteiger partial charge in [0.15, 0.2) is 0 Å². The highest BCUT2D eigenvalue weighted by atomic mass is 19.4. The van der Waals surface area contributed by atoms with Crippen LogP contribution in [0.5, 0.6) is 0 Å². The molecule has 1 unspecified atom stereocenters. The van der Waals surface area contributed by atoms with Crippen LogP contribution in [0.1, 0.15) is 23.3 Å². The number of hydrogen-bond acceptors (Lipinski definition) is 3. The summed E-state index contributed by atoms with van der Waals surface area (Å²) in [6.45, 7) is 2.03. The Hall–Kier alpha value is -1.37. The maximum Gasteiger partial charge on any atom is 0.454 e. The number of rotatable bonds is 4. The Morgan fingerprint density at radius 1 is 1.62 bits per heavy atom. The first-order valence-electron chi connectivity index (χ1n) is 4.51. The van der Waals surface area contributed by atoms with Gasteiger partial charge in [0, 0.05) is 13.3 Å². The van der Waals surface area contributed by atoms with Crippen molar-refractivity contribution in [3.05, 3.63) is 18.0 Å². The molecule has 0 aliphatic rings. The molecule has 0 radical (unpaired) electrons. The maximum absolute atomic E-state index is 12.1. The molecule has 0 N–H and O–H groups in total. The number of methoxy groups -OCH3 is 1. The van der Waals surface area contributed by atoms with Crippen LogP contribution < -0.4 is 0 Å². The van der Waals surface area contributed by atoms with Crippen molar-refractivity contribution >= 4 is 5.78 Å². The van der Waals surface area contributed by atoms with E-state index in [1.807, 2.05) is 0 Å². The number of hydrogen-bond donors (Lipinski definition) is 0. The first kappa shape index (κ1) is 12.7. The Morgan fingerprint density at radius 2 is 2.25 bits per heavy atom. The lowest BCUT2D eigenvalue weighted by atomic mass is 10.2. The molecule has 90 valence electrons. The summed E-state index contributed by atoms with van der Waals surface area (Å²) >= 11 is 0. The van der Waals surface area contributed by atoms with Gasteiger partial charge in [-0.25, -0.2) is 0 Å². The van der Waals surface area contributed by atoms with E-state index in [1.54, 1.807) is 6.92 Å². The van der Waals surface area contributed by atoms with Crippen LogP contribution in [-0.4, -0.2) is 35.5 Å². The normalized spacial score (nSPS) is 13.8. The number of ether oxygens (including phenoxy) is 1. The molecule has 0 saturated heterocycles. The second kappa shape index (κ2) is 4.65. The van der Waals surface area contributed by atoms with Crippen molar-refractivity contribution in [3.63, 3.8) is 0 Å². The fraction of sp³-hybridized carbons (Fsp3) is 0.556. The zero-order valence-electron chi connectivity index (χ0n) is 8.78. The van der Waals surface area contributed by atoms with Crippen molar-refractivity contribution in [2.45, 2.75) is 19.1 Å². The molecule has 7 heteroatoms. The maximum atomic E-state index is 12.1. The largest absolute Gasteiger partial charge is 0.454 e. The van der Waals surface area contributed by atoms with Gasteiger partial charge in [0.1, 0.15) is 0 Å². The van der Waals surface area contributed by atoms with Crippen LogP contribution in [0.4, 0.5) is 13.2 Å². The molecule has 0 aromatic carbocycles. The lowest BCUT2D eigenvalue weighted by Gasteiger charge is -2.09. The highest BCUT2D eigenvalue weighted by molar-refractivity contribution is 5.99.